The second-order valence-electron chi connectivity index (χ2n) is 5.84. The van der Waals surface area contributed by atoms with E-state index in [1.54, 1.807) is 0 Å². The van der Waals surface area contributed by atoms with Gasteiger partial charge in [-0.15, -0.1) is 0 Å². The van der Waals surface area contributed by atoms with Crippen LogP contribution in [0.4, 0.5) is 43.9 Å². The molecule has 0 spiro atoms. The van der Waals surface area contributed by atoms with Crippen LogP contribution in [0.2, 0.25) is 0 Å². The number of aromatic nitrogens is 2. The van der Waals surface area contributed by atoms with Crippen molar-refractivity contribution in [1.29, 1.82) is 0 Å². The number of alkyl halides is 10. The zero-order valence-corrected chi connectivity index (χ0v) is 17.2. The zero-order chi connectivity index (χ0) is 25.3. The second kappa shape index (κ2) is 9.08. The molecule has 184 valence electrons. The van der Waals surface area contributed by atoms with Crippen LogP contribution in [0, 0.1) is 0 Å². The minimum atomic E-state index is -7.62. The first-order chi connectivity index (χ1) is 13.4. The summed E-state index contributed by atoms with van der Waals surface area (Å²) in [6.45, 7) is 7.56. The highest BCUT2D eigenvalue weighted by Crippen LogP contribution is 2.47. The quantitative estimate of drug-likeness (QED) is 0.424. The largest absolute Gasteiger partial charge is 0.467 e. The van der Waals surface area contributed by atoms with E-state index in [2.05, 4.69) is 48.6 Å². The van der Waals surface area contributed by atoms with E-state index in [0.29, 0.717) is 10.2 Å². The third-order valence-corrected chi connectivity index (χ3v) is 6.51. The first kappa shape index (κ1) is 29.4. The average molecular weight is 519 g/mol. The van der Waals surface area contributed by atoms with Crippen LogP contribution >= 0.6 is 0 Å². The molecule has 0 saturated heterocycles. The number of rotatable bonds is 6. The summed E-state index contributed by atoms with van der Waals surface area (Å²) in [7, 11) is -15.2. The average Bonchev–Trinajstić information content (AvgIpc) is 3.01. The van der Waals surface area contributed by atoms with Gasteiger partial charge in [0.05, 0.1) is 12.6 Å². The minimum absolute atomic E-state index is 0.422. The van der Waals surface area contributed by atoms with E-state index in [1.807, 2.05) is 0 Å². The standard InChI is InChI=1S/C8H15N2.C4F10NO4S2/c1-4-9-5-6-10(7-9)8(2)3;5-1(6,7)3(11,12)20(16,17)15-21(18,19)4(13,14)2(8,9)10/h5-8H,4H2,1-3H3;/q+1;-1. The van der Waals surface area contributed by atoms with Crippen molar-refractivity contribution >= 4 is 20.0 Å². The number of hydrogen-bond donors (Lipinski definition) is 0. The van der Waals surface area contributed by atoms with E-state index in [9.17, 15) is 60.7 Å². The van der Waals surface area contributed by atoms with Crippen LogP contribution in [-0.2, 0) is 26.6 Å². The summed E-state index contributed by atoms with van der Waals surface area (Å²) < 4.78 is 165. The van der Waals surface area contributed by atoms with E-state index in [0.717, 1.165) is 6.54 Å². The summed E-state index contributed by atoms with van der Waals surface area (Å²) in [6, 6.07) is 0.577. The molecule has 0 N–H and O–H groups in total. The summed E-state index contributed by atoms with van der Waals surface area (Å²) in [6.07, 6.45) is -7.67. The van der Waals surface area contributed by atoms with Crippen molar-refractivity contribution in [3.05, 3.63) is 22.8 Å². The van der Waals surface area contributed by atoms with Crippen LogP contribution in [0.25, 0.3) is 4.13 Å². The molecule has 0 unspecified atom stereocenters. The third kappa shape index (κ3) is 6.43. The number of aryl methyl sites for hydroxylation is 1. The highest BCUT2D eigenvalue weighted by atomic mass is 32.3. The molecule has 1 aromatic rings. The lowest BCUT2D eigenvalue weighted by Gasteiger charge is -2.31. The fraction of sp³-hybridized carbons (Fsp3) is 0.750. The maximum Gasteiger partial charge on any atom is 0.467 e. The van der Waals surface area contributed by atoms with Crippen molar-refractivity contribution in [3.8, 4) is 0 Å². The fourth-order valence-corrected chi connectivity index (χ4v) is 3.79. The Kier molecular flexibility index (Phi) is 8.61. The van der Waals surface area contributed by atoms with E-state index in [4.69, 9.17) is 0 Å². The van der Waals surface area contributed by atoms with Crippen molar-refractivity contribution in [3.63, 3.8) is 0 Å². The third-order valence-electron chi connectivity index (χ3n) is 3.18. The summed E-state index contributed by atoms with van der Waals surface area (Å²) >= 11 is 0. The van der Waals surface area contributed by atoms with Crippen LogP contribution in [0.1, 0.15) is 26.8 Å². The number of imidazole rings is 1. The van der Waals surface area contributed by atoms with E-state index in [-0.39, 0.29) is 0 Å². The lowest BCUT2D eigenvalue weighted by molar-refractivity contribution is -0.693. The van der Waals surface area contributed by atoms with Gasteiger partial charge < -0.3 is 4.13 Å². The Hall–Kier alpha value is -1.63. The van der Waals surface area contributed by atoms with Crippen LogP contribution in [0.3, 0.4) is 0 Å². The Bertz CT molecular complexity index is 896. The van der Waals surface area contributed by atoms with E-state index >= 15 is 0 Å². The summed E-state index contributed by atoms with van der Waals surface area (Å²) in [5, 5.41) is -14.0. The fourth-order valence-electron chi connectivity index (χ4n) is 1.42. The van der Waals surface area contributed by atoms with Crippen molar-refractivity contribution in [2.75, 3.05) is 0 Å². The van der Waals surface area contributed by atoms with Crippen LogP contribution < -0.4 is 4.57 Å². The van der Waals surface area contributed by atoms with Gasteiger partial charge in [0, 0.05) is 0 Å². The first-order valence-electron chi connectivity index (χ1n) is 7.63. The van der Waals surface area contributed by atoms with Gasteiger partial charge in [-0.25, -0.2) is 26.0 Å². The predicted octanol–water partition coefficient (Wildman–Crippen LogP) is 3.71. The van der Waals surface area contributed by atoms with Gasteiger partial charge in [-0.1, -0.05) is 0 Å². The molecule has 0 aliphatic rings. The monoisotopic (exact) mass is 519 g/mol. The lowest BCUT2D eigenvalue weighted by Crippen LogP contribution is -2.48. The molecule has 0 aromatic carbocycles. The first-order valence-corrected chi connectivity index (χ1v) is 10.5. The molecule has 19 heteroatoms. The van der Waals surface area contributed by atoms with Gasteiger partial charge in [-0.05, 0) is 20.8 Å². The van der Waals surface area contributed by atoms with Gasteiger partial charge in [0.1, 0.15) is 12.4 Å². The minimum Gasteiger partial charge on any atom is -0.425 e. The number of sulfonamides is 2. The number of hydrogen-bond acceptors (Lipinski definition) is 4. The molecule has 1 heterocycles. The SMILES string of the molecule is CC[n+]1ccn(C(C)C)c1.O=S(=O)([N-]S(=O)(=O)C(F)(F)C(F)(F)F)C(F)(F)C(F)(F)F. The zero-order valence-electron chi connectivity index (χ0n) is 15.6. The highest BCUT2D eigenvalue weighted by molar-refractivity contribution is 8.13. The Morgan fingerprint density at radius 3 is 1.39 bits per heavy atom. The number of nitrogens with zero attached hydrogens (tertiary/aromatic N) is 3. The van der Waals surface area contributed by atoms with Crippen LogP contribution in [0.5, 0.6) is 0 Å². The Labute approximate surface area is 169 Å². The van der Waals surface area contributed by atoms with Crippen molar-refractivity contribution in [1.82, 2.24) is 4.57 Å². The molecule has 0 amide bonds. The van der Waals surface area contributed by atoms with Crippen molar-refractivity contribution in [2.45, 2.75) is 56.2 Å². The molecule has 0 atom stereocenters. The highest BCUT2D eigenvalue weighted by Gasteiger charge is 2.68. The normalized spacial score (nSPS) is 14.4. The molecule has 1 aromatic heterocycles. The van der Waals surface area contributed by atoms with Crippen molar-refractivity contribution < 1.29 is 65.3 Å². The van der Waals surface area contributed by atoms with Crippen molar-refractivity contribution in [2.24, 2.45) is 0 Å². The van der Waals surface area contributed by atoms with Crippen LogP contribution in [-0.4, -0.2) is 44.3 Å². The Balaban J connectivity index is 0.000000743. The van der Waals surface area contributed by atoms with E-state index in [1.165, 1.54) is 0 Å². The molecule has 0 saturated carbocycles. The molecular weight excluding hydrogens is 504 g/mol. The summed E-state index contributed by atoms with van der Waals surface area (Å²) in [5.74, 6) is 0. The second-order valence-corrected chi connectivity index (χ2v) is 9.36. The summed E-state index contributed by atoms with van der Waals surface area (Å²) in [5.41, 5.74) is 0. The topological polar surface area (TPSA) is 91.2 Å². The molecule has 31 heavy (non-hydrogen) atoms. The maximum atomic E-state index is 12.3. The van der Waals surface area contributed by atoms with Gasteiger partial charge in [0.2, 0.25) is 6.33 Å². The summed E-state index contributed by atoms with van der Waals surface area (Å²) in [4.78, 5) is 0. The van der Waals surface area contributed by atoms with Gasteiger partial charge in [-0.3, -0.25) is 0 Å². The van der Waals surface area contributed by atoms with Gasteiger partial charge in [0.25, 0.3) is 0 Å². The smallest absolute Gasteiger partial charge is 0.425 e. The Morgan fingerprint density at radius 1 is 0.839 bits per heavy atom. The van der Waals surface area contributed by atoms with E-state index < -0.39 is 42.9 Å². The maximum absolute atomic E-state index is 12.3. The molecule has 0 bridgehead atoms. The van der Waals surface area contributed by atoms with Crippen LogP contribution in [0.15, 0.2) is 18.7 Å². The lowest BCUT2D eigenvalue weighted by atomic mass is 10.4. The predicted molar refractivity (Wildman–Crippen MR) is 83.9 cm³/mol. The molecular formula is C12H15F10N3O4S2. The molecule has 0 aliphatic heterocycles. The molecule has 0 fully saturated rings. The number of halogens is 10. The molecule has 0 radical (unpaired) electrons. The molecule has 7 nitrogen and oxygen atoms in total. The van der Waals surface area contributed by atoms with Gasteiger partial charge in [-0.2, -0.15) is 43.9 Å². The van der Waals surface area contributed by atoms with Gasteiger partial charge in [0.15, 0.2) is 20.0 Å². The molecule has 0 aliphatic carbocycles. The van der Waals surface area contributed by atoms with Gasteiger partial charge >= 0.3 is 22.9 Å². The molecule has 1 rings (SSSR count). The Morgan fingerprint density at radius 2 is 1.19 bits per heavy atom.